The van der Waals surface area contributed by atoms with E-state index >= 15 is 0 Å². The first-order valence-electron chi connectivity index (χ1n) is 16.4. The van der Waals surface area contributed by atoms with Gasteiger partial charge in [-0.25, -0.2) is 9.59 Å². The number of primary amides is 1. The van der Waals surface area contributed by atoms with Crippen LogP contribution < -0.4 is 31.7 Å². The van der Waals surface area contributed by atoms with Gasteiger partial charge in [0.2, 0.25) is 17.7 Å². The third-order valence-corrected chi connectivity index (χ3v) is 8.49. The highest BCUT2D eigenvalue weighted by molar-refractivity contribution is 6.08. The highest BCUT2D eigenvalue weighted by Crippen LogP contribution is 2.54. The van der Waals surface area contributed by atoms with Crippen molar-refractivity contribution in [1.82, 2.24) is 16.0 Å². The number of non-ortho nitro benzene ring substituents is 1. The van der Waals surface area contributed by atoms with Crippen LogP contribution in [0.5, 0.6) is 5.75 Å². The summed E-state index contributed by atoms with van der Waals surface area (Å²) in [5.74, 6) is -1.44. The monoisotopic (exact) mass is 702 g/mol. The lowest BCUT2D eigenvalue weighted by atomic mass is 9.53. The van der Waals surface area contributed by atoms with E-state index in [0.29, 0.717) is 30.5 Å². The van der Waals surface area contributed by atoms with Gasteiger partial charge in [-0.05, 0) is 73.4 Å². The molecule has 1 aliphatic rings. The van der Waals surface area contributed by atoms with Gasteiger partial charge < -0.3 is 36.5 Å². The number of benzene rings is 3. The summed E-state index contributed by atoms with van der Waals surface area (Å²) in [6.45, 7) is 5.81. The molecule has 0 unspecified atom stereocenters. The minimum atomic E-state index is -1.38. The smallest absolute Gasteiger partial charge is 0.429 e. The summed E-state index contributed by atoms with van der Waals surface area (Å²) >= 11 is 0. The fraction of sp³-hybridized carbons (Fsp3) is 0.361. The van der Waals surface area contributed by atoms with Crippen molar-refractivity contribution >= 4 is 41.3 Å². The largest absolute Gasteiger partial charge is 0.514 e. The Balaban J connectivity index is 1.38. The Bertz CT molecular complexity index is 1720. The highest BCUT2D eigenvalue weighted by atomic mass is 16.7. The topological polar surface area (TPSA) is 221 Å². The molecule has 1 aliphatic carbocycles. The molecule has 5 amide bonds. The number of urea groups is 1. The number of amides is 5. The average molecular weight is 703 g/mol. The predicted molar refractivity (Wildman–Crippen MR) is 186 cm³/mol. The van der Waals surface area contributed by atoms with Gasteiger partial charge in [-0.1, -0.05) is 56.3 Å². The van der Waals surface area contributed by atoms with E-state index in [-0.39, 0.29) is 42.5 Å². The van der Waals surface area contributed by atoms with E-state index in [1.807, 2.05) is 51.1 Å². The molecule has 3 aromatic rings. The van der Waals surface area contributed by atoms with Crippen molar-refractivity contribution in [3.05, 3.63) is 100 Å². The molecule has 4 rings (SSSR count). The molecule has 0 radical (unpaired) electrons. The van der Waals surface area contributed by atoms with E-state index in [9.17, 15) is 34.1 Å². The maximum atomic E-state index is 13.9. The number of nitrogens with zero attached hydrogens (tertiary/aromatic N) is 1. The van der Waals surface area contributed by atoms with Crippen molar-refractivity contribution in [2.75, 3.05) is 11.9 Å². The molecule has 3 aromatic carbocycles. The van der Waals surface area contributed by atoms with Crippen LogP contribution >= 0.6 is 0 Å². The second-order valence-electron chi connectivity index (χ2n) is 13.2. The summed E-state index contributed by atoms with van der Waals surface area (Å²) in [7, 11) is 0. The molecule has 15 nitrogen and oxygen atoms in total. The van der Waals surface area contributed by atoms with Crippen LogP contribution in [-0.4, -0.2) is 47.4 Å². The van der Waals surface area contributed by atoms with Gasteiger partial charge in [0.15, 0.2) is 0 Å². The molecule has 270 valence electrons. The van der Waals surface area contributed by atoms with Gasteiger partial charge in [0, 0.05) is 24.4 Å². The molecule has 6 N–H and O–H groups in total. The molecule has 1 saturated carbocycles. The molecule has 0 saturated heterocycles. The zero-order chi connectivity index (χ0) is 37.2. The standard InChI is InChI=1S/C36H42N6O9/c1-23(25-8-5-4-6-9-25)39-31(44)36(21-35(2,3)22-36)32(45)41-29(10-7-19-38-33(37)46)30(43)40-26-13-11-24(12-14-26)20-50-34(47)51-28-17-15-27(16-18-28)42(48)49/h4-6,8-9,11-18,23,29H,7,10,19-22H2,1-3H3,(H,39,44)(H,40,43)(H,41,45)(H3,37,38,46)/t23-,29+/m1/s1. The van der Waals surface area contributed by atoms with E-state index in [1.54, 1.807) is 24.3 Å². The lowest BCUT2D eigenvalue weighted by Crippen LogP contribution is -2.63. The van der Waals surface area contributed by atoms with Crippen molar-refractivity contribution in [2.45, 2.75) is 65.1 Å². The number of ether oxygens (including phenoxy) is 2. The SMILES string of the molecule is C[C@@H](NC(=O)C1(C(=O)N[C@@H](CCCNC(N)=O)C(=O)Nc2ccc(COC(=O)Oc3ccc([N+](=O)[O-])cc3)cc2)CC(C)(C)C1)c1ccccc1. The molecule has 51 heavy (non-hydrogen) atoms. The fourth-order valence-corrected chi connectivity index (χ4v) is 6.07. The number of hydrogen-bond acceptors (Lipinski definition) is 9. The molecular weight excluding hydrogens is 660 g/mol. The predicted octanol–water partition coefficient (Wildman–Crippen LogP) is 4.87. The Kier molecular flexibility index (Phi) is 12.3. The third-order valence-electron chi connectivity index (χ3n) is 8.49. The zero-order valence-corrected chi connectivity index (χ0v) is 28.6. The van der Waals surface area contributed by atoms with Gasteiger partial charge in [0.05, 0.1) is 11.0 Å². The van der Waals surface area contributed by atoms with Gasteiger partial charge in [-0.2, -0.15) is 0 Å². The van der Waals surface area contributed by atoms with Crippen molar-refractivity contribution < 1.29 is 38.4 Å². The zero-order valence-electron chi connectivity index (χ0n) is 28.6. The quantitative estimate of drug-likeness (QED) is 0.0364. The fourth-order valence-electron chi connectivity index (χ4n) is 6.07. The van der Waals surface area contributed by atoms with E-state index < -0.39 is 46.3 Å². The van der Waals surface area contributed by atoms with Crippen LogP contribution in [0.4, 0.5) is 21.0 Å². The molecule has 1 fully saturated rings. The normalized spacial score (nSPS) is 15.1. The summed E-state index contributed by atoms with van der Waals surface area (Å²) in [4.78, 5) is 74.6. The van der Waals surface area contributed by atoms with E-state index in [4.69, 9.17) is 15.2 Å². The number of nitro groups is 1. The first-order valence-corrected chi connectivity index (χ1v) is 16.4. The van der Waals surface area contributed by atoms with Crippen LogP contribution in [0.3, 0.4) is 0 Å². The van der Waals surface area contributed by atoms with Gasteiger partial charge in [0.25, 0.3) is 5.69 Å². The highest BCUT2D eigenvalue weighted by Gasteiger charge is 2.59. The minimum Gasteiger partial charge on any atom is -0.429 e. The van der Waals surface area contributed by atoms with Gasteiger partial charge in [-0.3, -0.25) is 24.5 Å². The second-order valence-corrected chi connectivity index (χ2v) is 13.2. The summed E-state index contributed by atoms with van der Waals surface area (Å²) < 4.78 is 10.1. The van der Waals surface area contributed by atoms with Crippen molar-refractivity contribution in [2.24, 2.45) is 16.6 Å². The minimum absolute atomic E-state index is 0.0741. The van der Waals surface area contributed by atoms with Crippen LogP contribution in [0, 0.1) is 20.9 Å². The second kappa shape index (κ2) is 16.6. The maximum Gasteiger partial charge on any atom is 0.514 e. The van der Waals surface area contributed by atoms with Crippen molar-refractivity contribution in [3.63, 3.8) is 0 Å². The Labute approximate surface area is 294 Å². The number of carbonyl (C=O) groups excluding carboxylic acids is 5. The lowest BCUT2D eigenvalue weighted by molar-refractivity contribution is -0.384. The first-order chi connectivity index (χ1) is 24.2. The van der Waals surface area contributed by atoms with Crippen molar-refractivity contribution in [1.29, 1.82) is 0 Å². The molecule has 0 heterocycles. The Hall–Kier alpha value is -5.99. The van der Waals surface area contributed by atoms with Crippen LogP contribution in [0.1, 0.15) is 63.6 Å². The summed E-state index contributed by atoms with van der Waals surface area (Å²) in [6, 6.07) is 18.6. The number of hydrogen-bond donors (Lipinski definition) is 5. The molecule has 2 atom stereocenters. The number of nitrogens with one attached hydrogen (secondary N) is 4. The Morgan fingerprint density at radius 3 is 2.12 bits per heavy atom. The first kappa shape index (κ1) is 37.8. The lowest BCUT2D eigenvalue weighted by Gasteiger charge is -2.51. The van der Waals surface area contributed by atoms with E-state index in [0.717, 1.165) is 5.56 Å². The van der Waals surface area contributed by atoms with E-state index in [2.05, 4.69) is 21.3 Å². The van der Waals surface area contributed by atoms with Crippen LogP contribution in [0.15, 0.2) is 78.9 Å². The molecule has 0 aliphatic heterocycles. The molecule has 0 aromatic heterocycles. The molecule has 0 bridgehead atoms. The number of nitro benzene ring substituents is 1. The number of anilines is 1. The van der Waals surface area contributed by atoms with Crippen LogP contribution in [-0.2, 0) is 25.7 Å². The number of carbonyl (C=O) groups is 5. The maximum absolute atomic E-state index is 13.9. The number of nitrogens with two attached hydrogens (primary N) is 1. The summed E-state index contributed by atoms with van der Waals surface area (Å²) in [5.41, 5.74) is 5.23. The Morgan fingerprint density at radius 1 is 0.902 bits per heavy atom. The summed E-state index contributed by atoms with van der Waals surface area (Å²) in [5, 5.41) is 21.8. The van der Waals surface area contributed by atoms with Crippen molar-refractivity contribution in [3.8, 4) is 5.75 Å². The molecular formula is C36H42N6O9. The van der Waals surface area contributed by atoms with Gasteiger partial charge in [-0.15, -0.1) is 0 Å². The third kappa shape index (κ3) is 10.5. The average Bonchev–Trinajstić information content (AvgIpc) is 3.08. The Morgan fingerprint density at radius 2 is 1.53 bits per heavy atom. The van der Waals surface area contributed by atoms with Crippen LogP contribution in [0.25, 0.3) is 0 Å². The molecule has 15 heteroatoms. The van der Waals surface area contributed by atoms with Gasteiger partial charge in [0.1, 0.15) is 23.8 Å². The van der Waals surface area contributed by atoms with Crippen LogP contribution in [0.2, 0.25) is 0 Å². The molecule has 0 spiro atoms. The van der Waals surface area contributed by atoms with Gasteiger partial charge >= 0.3 is 12.2 Å². The van der Waals surface area contributed by atoms with E-state index in [1.165, 1.54) is 24.3 Å². The number of rotatable bonds is 15. The summed E-state index contributed by atoms with van der Waals surface area (Å²) in [6.07, 6.45) is 0.0240.